The van der Waals surface area contributed by atoms with Crippen LogP contribution < -0.4 is 27.4 Å². The third kappa shape index (κ3) is 11.8. The van der Waals surface area contributed by atoms with Gasteiger partial charge in [-0.2, -0.15) is 0 Å². The van der Waals surface area contributed by atoms with Gasteiger partial charge >= 0.3 is 17.9 Å². The molecule has 0 rings (SSSR count). The molecule has 0 heterocycles. The number of carbonyl (C=O) groups excluding carboxylic acids is 3. The second kappa shape index (κ2) is 14.7. The molecule has 0 aliphatic carbocycles. The molecule has 0 saturated carbocycles. The van der Waals surface area contributed by atoms with E-state index in [9.17, 15) is 28.8 Å². The van der Waals surface area contributed by atoms with Crippen LogP contribution in [0.15, 0.2) is 0 Å². The molecule has 0 fully saturated rings. The van der Waals surface area contributed by atoms with Gasteiger partial charge in [-0.15, -0.1) is 0 Å². The zero-order valence-electron chi connectivity index (χ0n) is 17.7. The largest absolute Gasteiger partial charge is 0.481 e. The number of rotatable bonds is 16. The summed E-state index contributed by atoms with van der Waals surface area (Å²) in [5.41, 5.74) is 10.9. The Morgan fingerprint density at radius 2 is 1.25 bits per heavy atom. The summed E-state index contributed by atoms with van der Waals surface area (Å²) >= 11 is 0. The fourth-order valence-corrected chi connectivity index (χ4v) is 2.52. The van der Waals surface area contributed by atoms with Gasteiger partial charge in [-0.1, -0.05) is 0 Å². The summed E-state index contributed by atoms with van der Waals surface area (Å²) in [6.07, 6.45) is -0.718. The van der Waals surface area contributed by atoms with Crippen molar-refractivity contribution < 1.29 is 44.1 Å². The molecule has 0 aromatic rings. The lowest BCUT2D eigenvalue weighted by molar-refractivity contribution is -0.147. The Balaban J connectivity index is 5.49. The van der Waals surface area contributed by atoms with Crippen molar-refractivity contribution >= 4 is 35.6 Å². The standard InChI is InChI=1S/C18H31N5O9/c1-9(20)15(28)21-11(5-6-13(24)25)17(30)22-10(4-2-3-7-19)16(29)23-12(18(31)32)8-14(26)27/h9-12H,2-8,19-20H2,1H3,(H,21,28)(H,22,30)(H,23,29)(H,24,25)(H,26,27)(H,31,32). The predicted octanol–water partition coefficient (Wildman–Crippen LogP) is -2.66. The molecule has 0 aromatic heterocycles. The lowest BCUT2D eigenvalue weighted by Crippen LogP contribution is -2.57. The van der Waals surface area contributed by atoms with E-state index >= 15 is 0 Å². The number of carboxylic acids is 3. The summed E-state index contributed by atoms with van der Waals surface area (Å²) in [5, 5.41) is 33.5. The Labute approximate surface area is 184 Å². The molecule has 182 valence electrons. The van der Waals surface area contributed by atoms with E-state index in [-0.39, 0.29) is 12.8 Å². The fourth-order valence-electron chi connectivity index (χ4n) is 2.52. The molecule has 0 bridgehead atoms. The molecule has 0 aliphatic rings. The monoisotopic (exact) mass is 461 g/mol. The van der Waals surface area contributed by atoms with Crippen molar-refractivity contribution in [3.05, 3.63) is 0 Å². The number of hydrogen-bond donors (Lipinski definition) is 8. The molecule has 4 atom stereocenters. The van der Waals surface area contributed by atoms with E-state index < -0.39 is 72.6 Å². The van der Waals surface area contributed by atoms with Gasteiger partial charge in [0.15, 0.2) is 0 Å². The molecule has 0 aromatic carbocycles. The van der Waals surface area contributed by atoms with Crippen molar-refractivity contribution in [2.45, 2.75) is 69.6 Å². The minimum Gasteiger partial charge on any atom is -0.481 e. The van der Waals surface area contributed by atoms with Crippen LogP contribution in [-0.2, 0) is 28.8 Å². The van der Waals surface area contributed by atoms with E-state index in [1.165, 1.54) is 6.92 Å². The minimum atomic E-state index is -1.73. The number of carboxylic acid groups (broad SMARTS) is 3. The number of nitrogens with one attached hydrogen (secondary N) is 3. The highest BCUT2D eigenvalue weighted by molar-refractivity contribution is 5.94. The maximum Gasteiger partial charge on any atom is 0.326 e. The van der Waals surface area contributed by atoms with E-state index in [2.05, 4.69) is 16.0 Å². The minimum absolute atomic E-state index is 0.0427. The maximum absolute atomic E-state index is 12.7. The van der Waals surface area contributed by atoms with Gasteiger partial charge in [-0.3, -0.25) is 24.0 Å². The van der Waals surface area contributed by atoms with Gasteiger partial charge in [-0.25, -0.2) is 4.79 Å². The van der Waals surface area contributed by atoms with Gasteiger partial charge < -0.3 is 42.7 Å². The second-order valence-electron chi connectivity index (χ2n) is 7.13. The summed E-state index contributed by atoms with van der Waals surface area (Å²) in [5.74, 6) is -6.78. The maximum atomic E-state index is 12.7. The number of hydrogen-bond acceptors (Lipinski definition) is 8. The molecular formula is C18H31N5O9. The molecule has 3 amide bonds. The van der Waals surface area contributed by atoms with Gasteiger partial charge in [0.2, 0.25) is 17.7 Å². The first-order valence-electron chi connectivity index (χ1n) is 9.92. The van der Waals surface area contributed by atoms with Crippen LogP contribution in [0.5, 0.6) is 0 Å². The second-order valence-corrected chi connectivity index (χ2v) is 7.13. The summed E-state index contributed by atoms with van der Waals surface area (Å²) in [6, 6.07) is -5.30. The SMILES string of the molecule is CC(N)C(=O)NC(CCC(=O)O)C(=O)NC(CCCCN)C(=O)NC(CC(=O)O)C(=O)O. The van der Waals surface area contributed by atoms with Crippen LogP contribution in [-0.4, -0.2) is 81.7 Å². The van der Waals surface area contributed by atoms with Gasteiger partial charge in [0, 0.05) is 6.42 Å². The van der Waals surface area contributed by atoms with Crippen molar-refractivity contribution in [3.8, 4) is 0 Å². The molecule has 0 aliphatic heterocycles. The van der Waals surface area contributed by atoms with Gasteiger partial charge in [-0.05, 0) is 39.2 Å². The highest BCUT2D eigenvalue weighted by atomic mass is 16.4. The molecular weight excluding hydrogens is 430 g/mol. The first-order chi connectivity index (χ1) is 14.9. The van der Waals surface area contributed by atoms with Gasteiger partial charge in [0.25, 0.3) is 0 Å². The number of amides is 3. The average Bonchev–Trinajstić information content (AvgIpc) is 2.68. The third-order valence-electron chi connectivity index (χ3n) is 4.27. The van der Waals surface area contributed by atoms with Crippen molar-refractivity contribution in [2.24, 2.45) is 11.5 Å². The Morgan fingerprint density at radius 1 is 0.750 bits per heavy atom. The van der Waals surface area contributed by atoms with E-state index in [0.717, 1.165) is 0 Å². The summed E-state index contributed by atoms with van der Waals surface area (Å²) in [7, 11) is 0. The first kappa shape index (κ1) is 28.7. The van der Waals surface area contributed by atoms with Crippen LogP contribution in [0.3, 0.4) is 0 Å². The lowest BCUT2D eigenvalue weighted by atomic mass is 10.1. The molecule has 32 heavy (non-hydrogen) atoms. The highest BCUT2D eigenvalue weighted by Gasteiger charge is 2.30. The molecule has 0 radical (unpaired) electrons. The Bertz CT molecular complexity index is 698. The zero-order valence-corrected chi connectivity index (χ0v) is 17.7. The van der Waals surface area contributed by atoms with Crippen molar-refractivity contribution in [1.29, 1.82) is 0 Å². The third-order valence-corrected chi connectivity index (χ3v) is 4.27. The molecule has 14 heteroatoms. The molecule has 0 spiro atoms. The fraction of sp³-hybridized carbons (Fsp3) is 0.667. The summed E-state index contributed by atoms with van der Waals surface area (Å²) in [6.45, 7) is 1.66. The zero-order chi connectivity index (χ0) is 24.8. The van der Waals surface area contributed by atoms with Gasteiger partial charge in [0.1, 0.15) is 18.1 Å². The first-order valence-corrected chi connectivity index (χ1v) is 9.92. The smallest absolute Gasteiger partial charge is 0.326 e. The molecule has 4 unspecified atom stereocenters. The number of nitrogens with two attached hydrogens (primary N) is 2. The molecule has 10 N–H and O–H groups in total. The average molecular weight is 461 g/mol. The number of unbranched alkanes of at least 4 members (excludes halogenated alkanes) is 1. The van der Waals surface area contributed by atoms with Crippen molar-refractivity contribution in [1.82, 2.24) is 16.0 Å². The van der Waals surface area contributed by atoms with Crippen LogP contribution in [0.4, 0.5) is 0 Å². The van der Waals surface area contributed by atoms with E-state index in [0.29, 0.717) is 19.4 Å². The van der Waals surface area contributed by atoms with Gasteiger partial charge in [0.05, 0.1) is 12.5 Å². The summed E-state index contributed by atoms with van der Waals surface area (Å²) < 4.78 is 0. The van der Waals surface area contributed by atoms with Crippen molar-refractivity contribution in [3.63, 3.8) is 0 Å². The normalized spacial score (nSPS) is 14.3. The topological polar surface area (TPSA) is 251 Å². The Kier molecular flexibility index (Phi) is 13.2. The predicted molar refractivity (Wildman–Crippen MR) is 109 cm³/mol. The lowest BCUT2D eigenvalue weighted by Gasteiger charge is -2.24. The van der Waals surface area contributed by atoms with E-state index in [1.54, 1.807) is 0 Å². The van der Waals surface area contributed by atoms with Crippen LogP contribution >= 0.6 is 0 Å². The number of aliphatic carboxylic acids is 3. The van der Waals surface area contributed by atoms with Crippen LogP contribution in [0, 0.1) is 0 Å². The van der Waals surface area contributed by atoms with Crippen LogP contribution in [0.1, 0.15) is 45.4 Å². The van der Waals surface area contributed by atoms with Crippen molar-refractivity contribution in [2.75, 3.05) is 6.54 Å². The number of carbonyl (C=O) groups is 6. The molecule has 14 nitrogen and oxygen atoms in total. The van der Waals surface area contributed by atoms with E-state index in [1.807, 2.05) is 0 Å². The molecule has 0 saturated heterocycles. The Morgan fingerprint density at radius 3 is 1.69 bits per heavy atom. The highest BCUT2D eigenvalue weighted by Crippen LogP contribution is 2.06. The summed E-state index contributed by atoms with van der Waals surface area (Å²) in [4.78, 5) is 70.1. The van der Waals surface area contributed by atoms with Crippen LogP contribution in [0.25, 0.3) is 0 Å². The van der Waals surface area contributed by atoms with Crippen LogP contribution in [0.2, 0.25) is 0 Å². The quantitative estimate of drug-likeness (QED) is 0.110. The van der Waals surface area contributed by atoms with E-state index in [4.69, 9.17) is 26.8 Å². The Hall–Kier alpha value is -3.26.